The first-order valence-electron chi connectivity index (χ1n) is 10.3. The average molecular weight is 415 g/mol. The number of hydrogen-bond donors (Lipinski definition) is 1. The second kappa shape index (κ2) is 6.95. The molecule has 0 radical (unpaired) electrons. The minimum Gasteiger partial charge on any atom is -0.462 e. The van der Waals surface area contributed by atoms with Crippen LogP contribution in [0.2, 0.25) is 0 Å². The van der Waals surface area contributed by atoms with Crippen LogP contribution in [0.15, 0.2) is 60.0 Å². The zero-order valence-corrected chi connectivity index (χ0v) is 16.8. The molecule has 2 N–H and O–H groups in total. The first-order valence-corrected chi connectivity index (χ1v) is 10.3. The second-order valence-corrected chi connectivity index (χ2v) is 7.79. The number of aromatic nitrogens is 2. The minimum absolute atomic E-state index is 0.176. The first kappa shape index (κ1) is 18.1. The fourth-order valence-corrected chi connectivity index (χ4v) is 4.43. The molecule has 0 aliphatic carbocycles. The third-order valence-corrected chi connectivity index (χ3v) is 6.00. The Hall–Kier alpha value is -3.65. The van der Waals surface area contributed by atoms with Gasteiger partial charge in [-0.2, -0.15) is 0 Å². The summed E-state index contributed by atoms with van der Waals surface area (Å²) in [6.45, 7) is 3.27. The smallest absolute Gasteiger partial charge is 0.283 e. The van der Waals surface area contributed by atoms with Crippen molar-refractivity contribution in [2.45, 2.75) is 5.54 Å². The topological polar surface area (TPSA) is 95.1 Å². The number of morpholine rings is 1. The Morgan fingerprint density at radius 1 is 0.968 bits per heavy atom. The lowest BCUT2D eigenvalue weighted by molar-refractivity contribution is 0.122. The Morgan fingerprint density at radius 3 is 2.61 bits per heavy atom. The van der Waals surface area contributed by atoms with Gasteiger partial charge in [-0.05, 0) is 29.8 Å². The largest absolute Gasteiger partial charge is 0.462 e. The predicted molar refractivity (Wildman–Crippen MR) is 115 cm³/mol. The molecule has 0 unspecified atom stereocenters. The number of benzene rings is 1. The number of pyridine rings is 2. The van der Waals surface area contributed by atoms with Crippen molar-refractivity contribution in [1.29, 1.82) is 0 Å². The molecule has 1 spiro atoms. The fraction of sp³-hybridized carbons (Fsp3) is 0.261. The summed E-state index contributed by atoms with van der Waals surface area (Å²) in [6, 6.07) is 12.2. The van der Waals surface area contributed by atoms with Crippen molar-refractivity contribution in [1.82, 2.24) is 9.97 Å². The highest BCUT2D eigenvalue weighted by Crippen LogP contribution is 2.52. The van der Waals surface area contributed by atoms with Gasteiger partial charge in [-0.25, -0.2) is 9.98 Å². The van der Waals surface area contributed by atoms with Crippen LogP contribution in [0.3, 0.4) is 0 Å². The molecule has 0 bridgehead atoms. The van der Waals surface area contributed by atoms with Crippen molar-refractivity contribution < 1.29 is 14.2 Å². The highest BCUT2D eigenvalue weighted by Gasteiger charge is 2.47. The maximum atomic E-state index is 6.25. The number of fused-ring (bicyclic) bond motifs is 4. The molecular formula is C23H21N5O3. The molecule has 0 amide bonds. The number of nitrogens with two attached hydrogens (primary N) is 1. The van der Waals surface area contributed by atoms with Crippen molar-refractivity contribution in [2.75, 3.05) is 37.8 Å². The minimum atomic E-state index is -0.783. The van der Waals surface area contributed by atoms with Crippen LogP contribution in [-0.2, 0) is 15.0 Å². The van der Waals surface area contributed by atoms with Crippen molar-refractivity contribution in [3.63, 3.8) is 0 Å². The summed E-state index contributed by atoms with van der Waals surface area (Å²) in [5.41, 5.74) is 9.11. The van der Waals surface area contributed by atoms with Crippen LogP contribution in [-0.4, -0.2) is 48.9 Å². The van der Waals surface area contributed by atoms with Gasteiger partial charge in [-0.1, -0.05) is 12.1 Å². The molecule has 6 rings (SSSR count). The number of ether oxygens (including phenoxy) is 3. The number of rotatable bonds is 2. The normalized spacial score (nSPS) is 21.7. The van der Waals surface area contributed by atoms with Crippen molar-refractivity contribution in [3.8, 4) is 22.6 Å². The van der Waals surface area contributed by atoms with Crippen LogP contribution < -0.4 is 15.4 Å². The Kier molecular flexibility index (Phi) is 4.07. The van der Waals surface area contributed by atoms with Crippen LogP contribution in [0.1, 0.15) is 11.1 Å². The van der Waals surface area contributed by atoms with E-state index >= 15 is 0 Å². The Balaban J connectivity index is 1.51. The Labute approximate surface area is 179 Å². The molecular weight excluding hydrogens is 394 g/mol. The van der Waals surface area contributed by atoms with E-state index in [0.29, 0.717) is 25.6 Å². The lowest BCUT2D eigenvalue weighted by Crippen LogP contribution is -2.37. The van der Waals surface area contributed by atoms with Crippen LogP contribution in [0.25, 0.3) is 11.1 Å². The molecule has 5 heterocycles. The van der Waals surface area contributed by atoms with Gasteiger partial charge in [0.05, 0.1) is 19.4 Å². The molecule has 156 valence electrons. The van der Waals surface area contributed by atoms with Crippen molar-refractivity contribution >= 4 is 11.8 Å². The van der Waals surface area contributed by atoms with Crippen molar-refractivity contribution in [2.24, 2.45) is 10.7 Å². The molecule has 8 heteroatoms. The SMILES string of the molecule is NC1=N[C@@]2(CO1)c1cc(-c3cccnc3)ccc1Oc1cnc(N3CCOCC3)cc12. The monoisotopic (exact) mass is 415 g/mol. The summed E-state index contributed by atoms with van der Waals surface area (Å²) in [4.78, 5) is 15.9. The lowest BCUT2D eigenvalue weighted by Gasteiger charge is -2.35. The van der Waals surface area contributed by atoms with Gasteiger partial charge in [0.1, 0.15) is 18.2 Å². The zero-order valence-electron chi connectivity index (χ0n) is 16.8. The first-order chi connectivity index (χ1) is 15.2. The Morgan fingerprint density at radius 2 is 1.84 bits per heavy atom. The van der Waals surface area contributed by atoms with E-state index in [2.05, 4.69) is 20.9 Å². The van der Waals surface area contributed by atoms with E-state index < -0.39 is 5.54 Å². The lowest BCUT2D eigenvalue weighted by atomic mass is 9.81. The van der Waals surface area contributed by atoms with Gasteiger partial charge in [-0.15, -0.1) is 0 Å². The fourth-order valence-electron chi connectivity index (χ4n) is 4.43. The summed E-state index contributed by atoms with van der Waals surface area (Å²) in [5.74, 6) is 2.27. The molecule has 8 nitrogen and oxygen atoms in total. The molecule has 1 atom stereocenters. The van der Waals surface area contributed by atoms with Crippen LogP contribution in [0, 0.1) is 0 Å². The summed E-state index contributed by atoms with van der Waals surface area (Å²) in [7, 11) is 0. The third-order valence-electron chi connectivity index (χ3n) is 6.00. The highest BCUT2D eigenvalue weighted by molar-refractivity contribution is 5.78. The van der Waals surface area contributed by atoms with Gasteiger partial charge in [0.15, 0.2) is 11.3 Å². The molecule has 1 fully saturated rings. The van der Waals surface area contributed by atoms with Gasteiger partial charge in [-0.3, -0.25) is 4.98 Å². The maximum Gasteiger partial charge on any atom is 0.283 e. The van der Waals surface area contributed by atoms with E-state index in [4.69, 9.17) is 24.9 Å². The summed E-state index contributed by atoms with van der Waals surface area (Å²) < 4.78 is 17.4. The van der Waals surface area contributed by atoms with E-state index in [1.165, 1.54) is 0 Å². The van der Waals surface area contributed by atoms with Gasteiger partial charge in [0, 0.05) is 42.2 Å². The number of nitrogens with zero attached hydrogens (tertiary/aromatic N) is 4. The van der Waals surface area contributed by atoms with E-state index in [-0.39, 0.29) is 6.02 Å². The molecule has 0 saturated carbocycles. The number of aliphatic imine (C=N–C) groups is 1. The Bertz CT molecular complexity index is 1180. The van der Waals surface area contributed by atoms with Crippen LogP contribution in [0.4, 0.5) is 5.82 Å². The van der Waals surface area contributed by atoms with E-state index in [1.54, 1.807) is 12.4 Å². The molecule has 1 saturated heterocycles. The zero-order chi connectivity index (χ0) is 20.8. The number of amidine groups is 1. The van der Waals surface area contributed by atoms with Gasteiger partial charge in [0.25, 0.3) is 6.02 Å². The van der Waals surface area contributed by atoms with Crippen LogP contribution in [0.5, 0.6) is 11.5 Å². The van der Waals surface area contributed by atoms with Crippen LogP contribution >= 0.6 is 0 Å². The van der Waals surface area contributed by atoms with Gasteiger partial charge >= 0.3 is 0 Å². The molecule has 31 heavy (non-hydrogen) atoms. The molecule has 3 aliphatic heterocycles. The number of hydrogen-bond acceptors (Lipinski definition) is 8. The van der Waals surface area contributed by atoms with Crippen molar-refractivity contribution in [3.05, 3.63) is 66.1 Å². The predicted octanol–water partition coefficient (Wildman–Crippen LogP) is 2.67. The number of anilines is 1. The second-order valence-electron chi connectivity index (χ2n) is 7.79. The summed E-state index contributed by atoms with van der Waals surface area (Å²) in [6.07, 6.45) is 5.37. The van der Waals surface area contributed by atoms with Gasteiger partial charge in [0.2, 0.25) is 0 Å². The highest BCUT2D eigenvalue weighted by atomic mass is 16.5. The standard InChI is InChI=1S/C23H21N5O3/c24-22-27-23(14-30-22)17-10-15(16-2-1-5-25-12-16)3-4-19(17)31-20-13-26-21(11-18(20)23)28-6-8-29-9-7-28/h1-5,10-13H,6-9,14H2,(H2,24,27)/t23-/m0/s1. The quantitative estimate of drug-likeness (QED) is 0.688. The van der Waals surface area contributed by atoms with E-state index in [9.17, 15) is 0 Å². The summed E-state index contributed by atoms with van der Waals surface area (Å²) >= 11 is 0. The maximum absolute atomic E-state index is 6.25. The molecule has 3 aliphatic rings. The molecule has 1 aromatic carbocycles. The average Bonchev–Trinajstić information content (AvgIpc) is 3.22. The molecule has 3 aromatic rings. The summed E-state index contributed by atoms with van der Waals surface area (Å²) in [5, 5.41) is 0. The van der Waals surface area contributed by atoms with E-state index in [1.807, 2.05) is 36.5 Å². The molecule has 2 aromatic heterocycles. The van der Waals surface area contributed by atoms with Gasteiger partial charge < -0.3 is 24.8 Å². The third kappa shape index (κ3) is 2.90. The van der Waals surface area contributed by atoms with E-state index in [0.717, 1.165) is 46.9 Å².